The van der Waals surface area contributed by atoms with Crippen LogP contribution in [-0.4, -0.2) is 58.9 Å². The Hall–Kier alpha value is -1.69. The van der Waals surface area contributed by atoms with E-state index in [1.54, 1.807) is 0 Å². The molecule has 5 N–H and O–H groups in total. The Labute approximate surface area is 134 Å². The van der Waals surface area contributed by atoms with Gasteiger partial charge in [0, 0.05) is 0 Å². The van der Waals surface area contributed by atoms with Crippen molar-refractivity contribution in [2.24, 2.45) is 0 Å². The van der Waals surface area contributed by atoms with Crippen LogP contribution in [0.4, 0.5) is 10.2 Å². The van der Waals surface area contributed by atoms with E-state index in [1.165, 1.54) is 17.2 Å². The van der Waals surface area contributed by atoms with Gasteiger partial charge in [0.1, 0.15) is 24.1 Å². The molecule has 11 nitrogen and oxygen atoms in total. The summed E-state index contributed by atoms with van der Waals surface area (Å²) >= 11 is 0. The SMILES string of the molecule is C[C@@]1(F)[C@H](O)[C@@H](COP(=O)(O)O)O[C@H]1n1cnc2c(N)ncnc21. The van der Waals surface area contributed by atoms with Gasteiger partial charge in [-0.1, -0.05) is 0 Å². The van der Waals surface area contributed by atoms with Gasteiger partial charge in [0.25, 0.3) is 0 Å². The number of aromatic nitrogens is 4. The summed E-state index contributed by atoms with van der Waals surface area (Å²) in [5.41, 5.74) is 3.81. The Morgan fingerprint density at radius 2 is 2.21 bits per heavy atom. The van der Waals surface area contributed by atoms with Crippen molar-refractivity contribution in [1.82, 2.24) is 19.5 Å². The quantitative estimate of drug-likeness (QED) is 0.520. The van der Waals surface area contributed by atoms with Crippen molar-refractivity contribution in [2.75, 3.05) is 12.3 Å². The summed E-state index contributed by atoms with van der Waals surface area (Å²) in [6, 6.07) is 0. The fourth-order valence-corrected chi connectivity index (χ4v) is 2.90. The van der Waals surface area contributed by atoms with Crippen molar-refractivity contribution >= 4 is 24.8 Å². The van der Waals surface area contributed by atoms with Crippen molar-refractivity contribution in [2.45, 2.75) is 31.0 Å². The van der Waals surface area contributed by atoms with Gasteiger partial charge >= 0.3 is 7.82 Å². The second-order valence-electron chi connectivity index (χ2n) is 5.49. The van der Waals surface area contributed by atoms with Crippen LogP contribution in [0.15, 0.2) is 12.7 Å². The maximum Gasteiger partial charge on any atom is 0.469 e. The van der Waals surface area contributed by atoms with Crippen molar-refractivity contribution in [3.8, 4) is 0 Å². The molecule has 24 heavy (non-hydrogen) atoms. The number of aliphatic hydroxyl groups excluding tert-OH is 1. The smallest absolute Gasteiger partial charge is 0.387 e. The monoisotopic (exact) mass is 363 g/mol. The van der Waals surface area contributed by atoms with Crippen LogP contribution in [-0.2, 0) is 13.8 Å². The number of ether oxygens (including phenoxy) is 1. The van der Waals surface area contributed by atoms with Crippen LogP contribution >= 0.6 is 7.82 Å². The maximum absolute atomic E-state index is 15.0. The van der Waals surface area contributed by atoms with Gasteiger partial charge in [-0.25, -0.2) is 23.9 Å². The highest BCUT2D eigenvalue weighted by Crippen LogP contribution is 2.44. The summed E-state index contributed by atoms with van der Waals surface area (Å²) in [5, 5.41) is 10.1. The van der Waals surface area contributed by atoms with Crippen molar-refractivity contribution in [1.29, 1.82) is 0 Å². The highest BCUT2D eigenvalue weighted by molar-refractivity contribution is 7.46. The normalized spacial score (nSPS) is 31.0. The standard InChI is InChI=1S/C11H15FN5O6P/c1-11(12)7(18)5(2-22-24(19,20)21)23-10(11)17-4-16-6-8(13)14-3-15-9(6)17/h3-5,7,10,18H,2H2,1H3,(H2,13,14,15)(H2,19,20,21)/t5-,7-,10-,11-/m1/s1. The third-order valence-electron chi connectivity index (χ3n) is 3.76. The maximum atomic E-state index is 15.0. The number of aliphatic hydroxyl groups is 1. The van der Waals surface area contributed by atoms with Crippen molar-refractivity contribution in [3.63, 3.8) is 0 Å². The predicted octanol–water partition coefficient (Wildman–Crippen LogP) is -0.496. The zero-order chi connectivity index (χ0) is 17.7. The number of rotatable bonds is 4. The average molecular weight is 363 g/mol. The molecule has 13 heteroatoms. The molecule has 1 aliphatic heterocycles. The minimum Gasteiger partial charge on any atom is -0.387 e. The molecule has 0 aliphatic carbocycles. The molecule has 2 aromatic rings. The largest absolute Gasteiger partial charge is 0.469 e. The van der Waals surface area contributed by atoms with Gasteiger partial charge in [-0.05, 0) is 6.92 Å². The number of phosphoric ester groups is 1. The highest BCUT2D eigenvalue weighted by atomic mass is 31.2. The van der Waals surface area contributed by atoms with Gasteiger partial charge in [-0.2, -0.15) is 0 Å². The Morgan fingerprint density at radius 3 is 2.88 bits per heavy atom. The van der Waals surface area contributed by atoms with E-state index < -0.39 is 38.5 Å². The van der Waals surface area contributed by atoms with Gasteiger partial charge < -0.3 is 25.4 Å². The molecular weight excluding hydrogens is 348 g/mol. The molecule has 3 heterocycles. The van der Waals surface area contributed by atoms with Crippen molar-refractivity contribution in [3.05, 3.63) is 12.7 Å². The number of alkyl halides is 1. The summed E-state index contributed by atoms with van der Waals surface area (Å²) < 4.78 is 36.7. The lowest BCUT2D eigenvalue weighted by molar-refractivity contribution is -0.0560. The van der Waals surface area contributed by atoms with Gasteiger partial charge in [0.2, 0.25) is 0 Å². The van der Waals surface area contributed by atoms with Crippen LogP contribution in [0.2, 0.25) is 0 Å². The minimum atomic E-state index is -4.78. The summed E-state index contributed by atoms with van der Waals surface area (Å²) in [7, 11) is -4.78. The summed E-state index contributed by atoms with van der Waals surface area (Å²) in [4.78, 5) is 29.2. The molecular formula is C11H15FN5O6P. The number of nitrogens with zero attached hydrogens (tertiary/aromatic N) is 4. The Morgan fingerprint density at radius 1 is 1.50 bits per heavy atom. The lowest BCUT2D eigenvalue weighted by Gasteiger charge is -2.24. The first-order valence-corrected chi connectivity index (χ1v) is 8.30. The summed E-state index contributed by atoms with van der Waals surface area (Å²) in [6.45, 7) is 0.404. The first-order valence-electron chi connectivity index (χ1n) is 6.77. The molecule has 1 fully saturated rings. The fraction of sp³-hybridized carbons (Fsp3) is 0.545. The van der Waals surface area contributed by atoms with Gasteiger partial charge in [-0.15, -0.1) is 0 Å². The third kappa shape index (κ3) is 2.88. The van der Waals surface area contributed by atoms with Crippen LogP contribution in [0.3, 0.4) is 0 Å². The Kier molecular flexibility index (Phi) is 4.06. The topological polar surface area (TPSA) is 166 Å². The Bertz CT molecular complexity index is 809. The number of halogens is 1. The first-order chi connectivity index (χ1) is 11.1. The van der Waals surface area contributed by atoms with E-state index in [0.717, 1.165) is 6.92 Å². The van der Waals surface area contributed by atoms with Crippen LogP contribution in [0, 0.1) is 0 Å². The molecule has 0 bridgehead atoms. The van der Waals surface area contributed by atoms with Crippen LogP contribution in [0.1, 0.15) is 13.2 Å². The fourth-order valence-electron chi connectivity index (χ4n) is 2.56. The predicted molar refractivity (Wildman–Crippen MR) is 77.2 cm³/mol. The van der Waals surface area contributed by atoms with Crippen molar-refractivity contribution < 1.29 is 33.1 Å². The number of imidazole rings is 1. The summed E-state index contributed by atoms with van der Waals surface area (Å²) in [6.07, 6.45) is -1.93. The summed E-state index contributed by atoms with van der Waals surface area (Å²) in [5.74, 6) is 0.0965. The van der Waals surface area contributed by atoms with E-state index in [-0.39, 0.29) is 17.0 Å². The van der Waals surface area contributed by atoms with Gasteiger partial charge in [-0.3, -0.25) is 9.09 Å². The molecule has 0 aromatic carbocycles. The number of anilines is 1. The number of nitrogens with two attached hydrogens (primary N) is 1. The molecule has 1 saturated heterocycles. The first kappa shape index (κ1) is 17.1. The molecule has 0 unspecified atom stereocenters. The number of phosphoric acid groups is 1. The second-order valence-corrected chi connectivity index (χ2v) is 6.73. The van der Waals surface area contributed by atoms with E-state index in [0.29, 0.717) is 0 Å². The third-order valence-corrected chi connectivity index (χ3v) is 4.25. The molecule has 3 rings (SSSR count). The van der Waals surface area contributed by atoms with Gasteiger partial charge in [0.05, 0.1) is 12.9 Å². The number of hydrogen-bond donors (Lipinski definition) is 4. The van der Waals surface area contributed by atoms with E-state index in [4.69, 9.17) is 20.3 Å². The number of fused-ring (bicyclic) bond motifs is 1. The highest BCUT2D eigenvalue weighted by Gasteiger charge is 2.55. The van der Waals surface area contributed by atoms with E-state index in [1.807, 2.05) is 0 Å². The van der Waals surface area contributed by atoms with E-state index in [2.05, 4.69) is 19.5 Å². The lowest BCUT2D eigenvalue weighted by Crippen LogP contribution is -2.40. The molecule has 0 amide bonds. The average Bonchev–Trinajstić information content (AvgIpc) is 2.99. The number of nitrogen functional groups attached to an aromatic ring is 1. The molecule has 2 aromatic heterocycles. The zero-order valence-corrected chi connectivity index (χ0v) is 13.2. The molecule has 132 valence electrons. The molecule has 1 aliphatic rings. The zero-order valence-electron chi connectivity index (χ0n) is 12.4. The van der Waals surface area contributed by atoms with Crippen LogP contribution in [0.25, 0.3) is 11.2 Å². The molecule has 0 spiro atoms. The van der Waals surface area contributed by atoms with Crippen LogP contribution < -0.4 is 5.73 Å². The lowest BCUT2D eigenvalue weighted by atomic mass is 9.98. The molecule has 0 saturated carbocycles. The Balaban J connectivity index is 1.92. The molecule has 0 radical (unpaired) electrons. The van der Waals surface area contributed by atoms with Gasteiger partial charge in [0.15, 0.2) is 23.4 Å². The van der Waals surface area contributed by atoms with E-state index >= 15 is 0 Å². The molecule has 4 atom stereocenters. The van der Waals surface area contributed by atoms with E-state index in [9.17, 15) is 14.1 Å². The number of hydrogen-bond acceptors (Lipinski definition) is 8. The van der Waals surface area contributed by atoms with Crippen LogP contribution in [0.5, 0.6) is 0 Å². The second kappa shape index (κ2) is 5.69. The minimum absolute atomic E-state index is 0.0965.